The van der Waals surface area contributed by atoms with Gasteiger partial charge in [0.25, 0.3) is 5.56 Å². The summed E-state index contributed by atoms with van der Waals surface area (Å²) in [6.07, 6.45) is 0. The van der Waals surface area contributed by atoms with E-state index in [0.29, 0.717) is 22.0 Å². The van der Waals surface area contributed by atoms with Crippen LogP contribution in [0.5, 0.6) is 0 Å². The van der Waals surface area contributed by atoms with E-state index in [-0.39, 0.29) is 22.7 Å². The third kappa shape index (κ3) is 5.74. The number of benzene rings is 2. The SMILES string of the molecule is CC(=O)Nc1c(C)cc(C)cc1-c1nnc(S[C@@H](C)C(=O)Nc2cccc(Cl)c2)[nH]c1=O. The van der Waals surface area contributed by atoms with Gasteiger partial charge in [-0.2, -0.15) is 0 Å². The summed E-state index contributed by atoms with van der Waals surface area (Å²) in [6.45, 7) is 6.82. The van der Waals surface area contributed by atoms with Crippen molar-refractivity contribution < 1.29 is 9.59 Å². The van der Waals surface area contributed by atoms with Crippen LogP contribution in [0.1, 0.15) is 25.0 Å². The van der Waals surface area contributed by atoms with E-state index in [4.69, 9.17) is 11.6 Å². The van der Waals surface area contributed by atoms with Crippen LogP contribution >= 0.6 is 23.4 Å². The van der Waals surface area contributed by atoms with E-state index in [9.17, 15) is 14.4 Å². The van der Waals surface area contributed by atoms with Gasteiger partial charge in [-0.1, -0.05) is 41.1 Å². The predicted octanol–water partition coefficient (Wildman–Crippen LogP) is 4.18. The molecule has 1 aromatic heterocycles. The molecule has 0 radical (unpaired) electrons. The number of anilines is 2. The fourth-order valence-electron chi connectivity index (χ4n) is 3.08. The largest absolute Gasteiger partial charge is 0.325 e. The first-order valence-corrected chi connectivity index (χ1v) is 11.0. The van der Waals surface area contributed by atoms with E-state index in [2.05, 4.69) is 25.8 Å². The minimum absolute atomic E-state index is 0.0842. The molecule has 3 N–H and O–H groups in total. The Hall–Kier alpha value is -3.17. The minimum atomic E-state index is -0.555. The Morgan fingerprint density at radius 2 is 1.88 bits per heavy atom. The van der Waals surface area contributed by atoms with Crippen LogP contribution in [0, 0.1) is 13.8 Å². The zero-order chi connectivity index (χ0) is 23.4. The summed E-state index contributed by atoms with van der Waals surface area (Å²) in [4.78, 5) is 39.5. The lowest BCUT2D eigenvalue weighted by Crippen LogP contribution is -2.23. The molecule has 1 atom stereocenters. The maximum Gasteiger partial charge on any atom is 0.278 e. The van der Waals surface area contributed by atoms with Crippen molar-refractivity contribution in [2.45, 2.75) is 38.1 Å². The van der Waals surface area contributed by atoms with Crippen molar-refractivity contribution in [3.63, 3.8) is 0 Å². The van der Waals surface area contributed by atoms with Crippen LogP contribution in [0.25, 0.3) is 11.3 Å². The molecule has 0 aliphatic rings. The predicted molar refractivity (Wildman–Crippen MR) is 127 cm³/mol. The summed E-state index contributed by atoms with van der Waals surface area (Å²) in [6, 6.07) is 10.5. The lowest BCUT2D eigenvalue weighted by Gasteiger charge is -2.14. The lowest BCUT2D eigenvalue weighted by molar-refractivity contribution is -0.115. The third-order valence-electron chi connectivity index (χ3n) is 4.46. The van der Waals surface area contributed by atoms with Crippen molar-refractivity contribution in [3.05, 3.63) is 62.9 Å². The Kier molecular flexibility index (Phi) is 7.32. The number of nitrogens with one attached hydrogen (secondary N) is 3. The fourth-order valence-corrected chi connectivity index (χ4v) is 4.01. The molecular weight excluding hydrogens is 450 g/mol. The number of hydrogen-bond donors (Lipinski definition) is 3. The molecule has 0 saturated carbocycles. The number of H-pyrrole nitrogens is 1. The van der Waals surface area contributed by atoms with Crippen molar-refractivity contribution in [1.29, 1.82) is 0 Å². The Labute approximate surface area is 194 Å². The molecule has 2 aromatic carbocycles. The van der Waals surface area contributed by atoms with Crippen LogP contribution in [-0.2, 0) is 9.59 Å². The number of carbonyl (C=O) groups is 2. The van der Waals surface area contributed by atoms with E-state index in [1.165, 1.54) is 6.92 Å². The molecular formula is C22H22ClN5O3S. The van der Waals surface area contributed by atoms with Crippen LogP contribution < -0.4 is 16.2 Å². The Bertz CT molecular complexity index is 1240. The van der Waals surface area contributed by atoms with Gasteiger partial charge in [0.05, 0.1) is 10.9 Å². The van der Waals surface area contributed by atoms with Crippen LogP contribution in [0.3, 0.4) is 0 Å². The summed E-state index contributed by atoms with van der Waals surface area (Å²) >= 11 is 7.01. The molecule has 10 heteroatoms. The van der Waals surface area contributed by atoms with Crippen LogP contribution in [0.2, 0.25) is 5.02 Å². The van der Waals surface area contributed by atoms with Gasteiger partial charge in [-0.25, -0.2) is 0 Å². The van der Waals surface area contributed by atoms with E-state index in [1.807, 2.05) is 19.9 Å². The summed E-state index contributed by atoms with van der Waals surface area (Å²) in [5.74, 6) is -0.527. The number of amides is 2. The first kappa shape index (κ1) is 23.5. The summed E-state index contributed by atoms with van der Waals surface area (Å²) in [7, 11) is 0. The Morgan fingerprint density at radius 1 is 1.12 bits per heavy atom. The summed E-state index contributed by atoms with van der Waals surface area (Å²) in [5.41, 5.74) is 2.90. The minimum Gasteiger partial charge on any atom is -0.325 e. The molecule has 2 amide bonds. The van der Waals surface area contributed by atoms with Gasteiger partial charge in [0, 0.05) is 23.2 Å². The van der Waals surface area contributed by atoms with Crippen molar-refractivity contribution in [3.8, 4) is 11.3 Å². The number of aromatic nitrogens is 3. The molecule has 3 rings (SSSR count). The highest BCUT2D eigenvalue weighted by Crippen LogP contribution is 2.30. The number of rotatable bonds is 6. The second-order valence-corrected chi connectivity index (χ2v) is 9.02. The van der Waals surface area contributed by atoms with E-state index < -0.39 is 10.8 Å². The molecule has 166 valence electrons. The number of halogens is 1. The fraction of sp³-hybridized carbons (Fsp3) is 0.227. The topological polar surface area (TPSA) is 117 Å². The Morgan fingerprint density at radius 3 is 2.53 bits per heavy atom. The standard InChI is InChI=1S/C22H22ClN5O3S/c1-11-8-12(2)18(24-14(4)29)17(9-11)19-21(31)26-22(28-27-19)32-13(3)20(30)25-16-7-5-6-15(23)10-16/h5-10,13H,1-4H3,(H,24,29)(H,25,30)(H,26,28,31)/t13-/m0/s1. The van der Waals surface area contributed by atoms with E-state index in [1.54, 1.807) is 37.3 Å². The number of thioether (sulfide) groups is 1. The second kappa shape index (κ2) is 9.97. The maximum atomic E-state index is 12.8. The van der Waals surface area contributed by atoms with Crippen molar-refractivity contribution >= 4 is 46.6 Å². The smallest absolute Gasteiger partial charge is 0.278 e. The van der Waals surface area contributed by atoms with Gasteiger partial charge in [-0.3, -0.25) is 19.4 Å². The summed E-state index contributed by atoms with van der Waals surface area (Å²) < 4.78 is 0. The number of carbonyl (C=O) groups excluding carboxylic acids is 2. The highest BCUT2D eigenvalue weighted by Gasteiger charge is 2.19. The second-order valence-electron chi connectivity index (χ2n) is 7.25. The average molecular weight is 472 g/mol. The van der Waals surface area contributed by atoms with Gasteiger partial charge in [0.15, 0.2) is 10.9 Å². The highest BCUT2D eigenvalue weighted by molar-refractivity contribution is 8.00. The molecule has 1 heterocycles. The first-order chi connectivity index (χ1) is 15.1. The molecule has 0 saturated heterocycles. The molecule has 32 heavy (non-hydrogen) atoms. The number of nitrogens with zero attached hydrogens (tertiary/aromatic N) is 2. The number of aromatic amines is 1. The van der Waals surface area contributed by atoms with Gasteiger partial charge >= 0.3 is 0 Å². The normalized spacial score (nSPS) is 11.7. The molecule has 0 aliphatic carbocycles. The quantitative estimate of drug-likeness (QED) is 0.464. The molecule has 0 fully saturated rings. The molecule has 0 bridgehead atoms. The van der Waals surface area contributed by atoms with Crippen molar-refractivity contribution in [1.82, 2.24) is 15.2 Å². The average Bonchev–Trinajstić information content (AvgIpc) is 2.70. The molecule has 3 aromatic rings. The summed E-state index contributed by atoms with van der Waals surface area (Å²) in [5, 5.41) is 13.9. The van der Waals surface area contributed by atoms with Crippen molar-refractivity contribution in [2.24, 2.45) is 0 Å². The Balaban J connectivity index is 1.82. The van der Waals surface area contributed by atoms with Crippen LogP contribution in [-0.4, -0.2) is 32.2 Å². The molecule has 0 unspecified atom stereocenters. The molecule has 0 spiro atoms. The van der Waals surface area contributed by atoms with Gasteiger partial charge in [-0.15, -0.1) is 10.2 Å². The number of hydrogen-bond acceptors (Lipinski definition) is 6. The number of aryl methyl sites for hydroxylation is 2. The zero-order valence-corrected chi connectivity index (χ0v) is 19.5. The zero-order valence-electron chi connectivity index (χ0n) is 17.9. The van der Waals surface area contributed by atoms with Gasteiger partial charge in [0.2, 0.25) is 11.8 Å². The molecule has 0 aliphatic heterocycles. The van der Waals surface area contributed by atoms with Crippen LogP contribution in [0.4, 0.5) is 11.4 Å². The third-order valence-corrected chi connectivity index (χ3v) is 5.67. The lowest BCUT2D eigenvalue weighted by atomic mass is 10.0. The van der Waals surface area contributed by atoms with E-state index >= 15 is 0 Å². The van der Waals surface area contributed by atoms with Crippen LogP contribution in [0.15, 0.2) is 46.3 Å². The van der Waals surface area contributed by atoms with Crippen molar-refractivity contribution in [2.75, 3.05) is 10.6 Å². The maximum absolute atomic E-state index is 12.8. The van der Waals surface area contributed by atoms with Gasteiger partial charge in [-0.05, 0) is 50.6 Å². The highest BCUT2D eigenvalue weighted by atomic mass is 35.5. The van der Waals surface area contributed by atoms with Gasteiger partial charge in [0.1, 0.15) is 0 Å². The monoisotopic (exact) mass is 471 g/mol. The van der Waals surface area contributed by atoms with Gasteiger partial charge < -0.3 is 10.6 Å². The molecule has 8 nitrogen and oxygen atoms in total. The first-order valence-electron chi connectivity index (χ1n) is 9.73. The van der Waals surface area contributed by atoms with E-state index in [0.717, 1.165) is 22.9 Å².